The van der Waals surface area contributed by atoms with Gasteiger partial charge in [-0.05, 0) is 55.2 Å². The number of ether oxygens (including phenoxy) is 5. The summed E-state index contributed by atoms with van der Waals surface area (Å²) < 4.78 is 27.2. The van der Waals surface area contributed by atoms with E-state index >= 15 is 0 Å². The van der Waals surface area contributed by atoms with Crippen LogP contribution >= 0.6 is 0 Å². The first-order chi connectivity index (χ1) is 22.1. The number of esters is 3. The van der Waals surface area contributed by atoms with E-state index in [-0.39, 0.29) is 24.0 Å². The smallest absolute Gasteiger partial charge is 0.348 e. The first-order valence-corrected chi connectivity index (χ1v) is 14.9. The van der Waals surface area contributed by atoms with Crippen molar-refractivity contribution in [3.8, 4) is 11.5 Å². The summed E-state index contributed by atoms with van der Waals surface area (Å²) in [4.78, 5) is 72.1. The van der Waals surface area contributed by atoms with Gasteiger partial charge in [0.15, 0.2) is 23.7 Å². The Morgan fingerprint density at radius 2 is 1.70 bits per heavy atom. The predicted molar refractivity (Wildman–Crippen MR) is 151 cm³/mol. The molecule has 47 heavy (non-hydrogen) atoms. The van der Waals surface area contributed by atoms with Crippen molar-refractivity contribution in [1.82, 2.24) is 0 Å². The lowest BCUT2D eigenvalue weighted by Gasteiger charge is -2.61. The molecule has 0 radical (unpaired) electrons. The molecule has 254 valence electrons. The molecular formula is C31H34O16. The van der Waals surface area contributed by atoms with Crippen LogP contribution < -0.4 is 9.47 Å². The number of hydrogen-bond donors (Lipinski definition) is 5. The molecule has 2 bridgehead atoms. The molecule has 1 saturated carbocycles. The third kappa shape index (κ3) is 5.75. The zero-order valence-electron chi connectivity index (χ0n) is 25.4. The fraction of sp³-hybridized carbons (Fsp3) is 0.548. The molecule has 1 spiro atoms. The number of aliphatic carboxylic acids is 3. The van der Waals surface area contributed by atoms with E-state index in [1.165, 1.54) is 13.2 Å². The second kappa shape index (κ2) is 12.5. The van der Waals surface area contributed by atoms with Gasteiger partial charge in [0.2, 0.25) is 12.2 Å². The van der Waals surface area contributed by atoms with Gasteiger partial charge >= 0.3 is 35.8 Å². The highest BCUT2D eigenvalue weighted by atomic mass is 16.6. The largest absolute Gasteiger partial charge is 0.493 e. The molecule has 3 aliphatic carbocycles. The van der Waals surface area contributed by atoms with E-state index < -0.39 is 90.5 Å². The Balaban J connectivity index is 1.41. The Bertz CT molecular complexity index is 1550. The van der Waals surface area contributed by atoms with Gasteiger partial charge in [-0.25, -0.2) is 14.4 Å². The normalized spacial score (nSPS) is 28.3. The quantitative estimate of drug-likeness (QED) is 0.142. The SMILES string of the molecule is COc1ccc2c3c1O[C@H]1C(OC(=O)C[C@H](OC(=O)C[C@H](O)C(=O)O)C(=O)O[C@H](CC(=O)O)C(=O)O)=CC[C@@]4(O)[C@@H](C2)C(C)CC[C@]314. The van der Waals surface area contributed by atoms with Crippen LogP contribution in [0.25, 0.3) is 0 Å². The van der Waals surface area contributed by atoms with Gasteiger partial charge in [-0.15, -0.1) is 0 Å². The van der Waals surface area contributed by atoms with Crippen molar-refractivity contribution < 1.29 is 78.0 Å². The van der Waals surface area contributed by atoms with E-state index in [2.05, 4.69) is 6.92 Å². The molecule has 0 aromatic heterocycles. The minimum absolute atomic E-state index is 0.00751. The lowest BCUT2D eigenvalue weighted by molar-refractivity contribution is -0.182. The minimum Gasteiger partial charge on any atom is -0.493 e. The third-order valence-corrected chi connectivity index (χ3v) is 9.60. The highest BCUT2D eigenvalue weighted by molar-refractivity contribution is 5.88. The topological polar surface area (TPSA) is 250 Å². The molecule has 1 heterocycles. The standard InChI is InChI=1S/C31H34O16/c1-13-5-7-30-24-14-3-4-17(43-2)25(24)47-26(30)18(6-8-31(30,42)15(13)9-14)44-23(36)12-20(45-22(35)10-16(32)27(37)38)29(41)46-19(28(39)40)11-21(33)34/h3-4,6,13,15-16,19-20,26,32,42H,5,7-12H2,1-2H3,(H,33,34)(H,37,38)(H,39,40)/t13?,15-,16-,19+,20-,26-,30-,31+/m0/s1. The Morgan fingerprint density at radius 3 is 2.34 bits per heavy atom. The van der Waals surface area contributed by atoms with Crippen molar-refractivity contribution in [1.29, 1.82) is 0 Å². The molecule has 1 aromatic carbocycles. The summed E-state index contributed by atoms with van der Waals surface area (Å²) in [6, 6.07) is 3.70. The van der Waals surface area contributed by atoms with Crippen LogP contribution in [0.15, 0.2) is 24.0 Å². The molecule has 0 saturated heterocycles. The summed E-state index contributed by atoms with van der Waals surface area (Å²) in [5.74, 6) is -8.63. The van der Waals surface area contributed by atoms with Gasteiger partial charge in [0, 0.05) is 5.56 Å². The van der Waals surface area contributed by atoms with Crippen LogP contribution in [0.5, 0.6) is 11.5 Å². The maximum atomic E-state index is 13.3. The lowest BCUT2D eigenvalue weighted by Crippen LogP contribution is -2.69. The van der Waals surface area contributed by atoms with Crippen molar-refractivity contribution in [2.45, 2.75) is 87.3 Å². The van der Waals surface area contributed by atoms with Crippen molar-refractivity contribution in [3.05, 3.63) is 35.1 Å². The van der Waals surface area contributed by atoms with Gasteiger partial charge in [0.05, 0.1) is 37.4 Å². The van der Waals surface area contributed by atoms with Gasteiger partial charge in [-0.1, -0.05) is 13.0 Å². The number of methoxy groups -OCH3 is 1. The third-order valence-electron chi connectivity index (χ3n) is 9.60. The number of aliphatic hydroxyl groups is 2. The molecule has 5 rings (SSSR count). The van der Waals surface area contributed by atoms with Crippen molar-refractivity contribution in [2.24, 2.45) is 11.8 Å². The van der Waals surface area contributed by atoms with Gasteiger partial charge in [0.25, 0.3) is 0 Å². The molecule has 5 N–H and O–H groups in total. The average molecular weight is 663 g/mol. The fourth-order valence-corrected chi connectivity index (χ4v) is 7.47. The second-order valence-corrected chi connectivity index (χ2v) is 12.2. The first-order valence-electron chi connectivity index (χ1n) is 14.9. The van der Waals surface area contributed by atoms with Crippen molar-refractivity contribution in [2.75, 3.05) is 7.11 Å². The predicted octanol–water partition coefficient (Wildman–Crippen LogP) is 0.467. The molecular weight excluding hydrogens is 628 g/mol. The van der Waals surface area contributed by atoms with E-state index in [0.717, 1.165) is 17.5 Å². The minimum atomic E-state index is -2.23. The van der Waals surface area contributed by atoms with Crippen LogP contribution in [0.2, 0.25) is 0 Å². The maximum Gasteiger partial charge on any atom is 0.348 e. The van der Waals surface area contributed by atoms with E-state index in [1.807, 2.05) is 6.07 Å². The summed E-state index contributed by atoms with van der Waals surface area (Å²) in [5.41, 5.74) is -0.502. The number of carboxylic acid groups (broad SMARTS) is 3. The van der Waals surface area contributed by atoms with Crippen molar-refractivity contribution in [3.63, 3.8) is 0 Å². The monoisotopic (exact) mass is 662 g/mol. The van der Waals surface area contributed by atoms with E-state index in [1.54, 1.807) is 6.07 Å². The molecule has 16 nitrogen and oxygen atoms in total. The summed E-state index contributed by atoms with van der Waals surface area (Å²) >= 11 is 0. The van der Waals surface area contributed by atoms with E-state index in [0.29, 0.717) is 24.3 Å². The van der Waals surface area contributed by atoms with Crippen LogP contribution in [0.1, 0.15) is 56.6 Å². The summed E-state index contributed by atoms with van der Waals surface area (Å²) in [7, 11) is 1.47. The second-order valence-electron chi connectivity index (χ2n) is 12.2. The van der Waals surface area contributed by atoms with Crippen LogP contribution in [0.3, 0.4) is 0 Å². The number of aliphatic hydroxyl groups excluding tert-OH is 1. The Morgan fingerprint density at radius 1 is 0.979 bits per heavy atom. The van der Waals surface area contributed by atoms with Crippen LogP contribution in [-0.2, 0) is 54.8 Å². The molecule has 16 heteroatoms. The van der Waals surface area contributed by atoms with Gasteiger partial charge in [-0.2, -0.15) is 0 Å². The molecule has 1 aromatic rings. The Hall–Kier alpha value is -4.70. The zero-order valence-corrected chi connectivity index (χ0v) is 25.4. The van der Waals surface area contributed by atoms with Crippen LogP contribution in [0.4, 0.5) is 0 Å². The number of hydrogen-bond acceptors (Lipinski definition) is 13. The van der Waals surface area contributed by atoms with E-state index in [9.17, 15) is 44.1 Å². The summed E-state index contributed by atoms with van der Waals surface area (Å²) in [6.45, 7) is 2.08. The maximum absolute atomic E-state index is 13.3. The molecule has 1 unspecified atom stereocenters. The summed E-state index contributed by atoms with van der Waals surface area (Å²) in [5, 5.41) is 49.0. The van der Waals surface area contributed by atoms with Gasteiger partial charge in [0.1, 0.15) is 5.76 Å². The Kier molecular flexibility index (Phi) is 8.94. The number of carbonyl (C=O) groups is 6. The molecule has 8 atom stereocenters. The first kappa shape index (κ1) is 33.7. The number of benzene rings is 1. The zero-order chi connectivity index (χ0) is 34.4. The Labute approximate surface area is 266 Å². The highest BCUT2D eigenvalue weighted by Crippen LogP contribution is 2.68. The lowest BCUT2D eigenvalue weighted by atomic mass is 9.45. The molecule has 1 aliphatic heterocycles. The number of carboxylic acids is 3. The molecule has 0 amide bonds. The summed E-state index contributed by atoms with van der Waals surface area (Å²) in [6.07, 6.45) is -7.56. The van der Waals surface area contributed by atoms with Gasteiger partial charge < -0.3 is 49.2 Å². The highest BCUT2D eigenvalue weighted by Gasteiger charge is 2.72. The number of rotatable bonds is 13. The van der Waals surface area contributed by atoms with Gasteiger partial charge in [-0.3, -0.25) is 14.4 Å². The van der Waals surface area contributed by atoms with Crippen LogP contribution in [-0.4, -0.2) is 98.5 Å². The number of carbonyl (C=O) groups excluding carboxylic acids is 3. The molecule has 1 fully saturated rings. The fourth-order valence-electron chi connectivity index (χ4n) is 7.47. The van der Waals surface area contributed by atoms with E-state index in [4.69, 9.17) is 33.9 Å². The van der Waals surface area contributed by atoms with Crippen molar-refractivity contribution >= 4 is 35.8 Å². The average Bonchev–Trinajstić information content (AvgIpc) is 3.35. The molecule has 4 aliphatic rings. The van der Waals surface area contributed by atoms with Crippen LogP contribution in [0, 0.1) is 11.8 Å².